The molecule has 0 spiro atoms. The third-order valence-corrected chi connectivity index (χ3v) is 4.43. The fourth-order valence-corrected chi connectivity index (χ4v) is 3.18. The molecular weight excluding hydrogens is 310 g/mol. The van der Waals surface area contributed by atoms with Crippen molar-refractivity contribution in [1.29, 1.82) is 0 Å². The highest BCUT2D eigenvalue weighted by Crippen LogP contribution is 2.34. The molecule has 1 aliphatic heterocycles. The van der Waals surface area contributed by atoms with Crippen LogP contribution in [0.2, 0.25) is 0 Å². The van der Waals surface area contributed by atoms with Gasteiger partial charge in [-0.25, -0.2) is 0 Å². The first-order valence-electron chi connectivity index (χ1n) is 7.73. The second-order valence-corrected chi connectivity index (χ2v) is 6.63. The fourth-order valence-electron chi connectivity index (χ4n) is 2.21. The van der Waals surface area contributed by atoms with Crippen molar-refractivity contribution in [3.63, 3.8) is 0 Å². The number of benzene rings is 1. The molecule has 2 rings (SSSR count). The van der Waals surface area contributed by atoms with Gasteiger partial charge in [-0.05, 0) is 38.9 Å². The van der Waals surface area contributed by atoms with Crippen molar-refractivity contribution in [3.05, 3.63) is 35.4 Å². The number of methoxy groups -OCH3 is 1. The molecule has 5 nitrogen and oxygen atoms in total. The predicted molar refractivity (Wildman–Crippen MR) is 98.3 cm³/mol. The van der Waals surface area contributed by atoms with Crippen molar-refractivity contribution in [2.75, 3.05) is 33.1 Å². The Labute approximate surface area is 143 Å². The molecule has 1 aliphatic rings. The van der Waals surface area contributed by atoms with E-state index >= 15 is 0 Å². The average molecular weight is 337 g/mol. The largest absolute Gasteiger partial charge is 0.385 e. The van der Waals surface area contributed by atoms with E-state index in [0.29, 0.717) is 10.7 Å². The maximum Gasteiger partial charge on any atom is 0.154 e. The molecule has 0 aliphatic carbocycles. The van der Waals surface area contributed by atoms with Gasteiger partial charge < -0.3 is 15.8 Å². The second-order valence-electron chi connectivity index (χ2n) is 5.51. The summed E-state index contributed by atoms with van der Waals surface area (Å²) in [5.74, 6) is 0.987. The number of nitrogens with one attached hydrogen (secondary N) is 1. The Morgan fingerprint density at radius 3 is 2.65 bits per heavy atom. The van der Waals surface area contributed by atoms with Gasteiger partial charge in [0, 0.05) is 25.0 Å². The molecule has 1 aromatic carbocycles. The highest BCUT2D eigenvalue weighted by atomic mass is 32.2. The molecule has 128 valence electrons. The molecule has 23 heavy (non-hydrogen) atoms. The van der Waals surface area contributed by atoms with Crippen molar-refractivity contribution < 1.29 is 9.53 Å². The van der Waals surface area contributed by atoms with Crippen LogP contribution in [0.15, 0.2) is 29.3 Å². The van der Waals surface area contributed by atoms with Crippen molar-refractivity contribution in [1.82, 2.24) is 5.32 Å². The molecule has 0 amide bonds. The average Bonchev–Trinajstić information content (AvgIpc) is 2.56. The smallest absolute Gasteiger partial charge is 0.154 e. The van der Waals surface area contributed by atoms with Crippen LogP contribution in [0.4, 0.5) is 0 Å². The summed E-state index contributed by atoms with van der Waals surface area (Å²) < 4.78 is 4.80. The van der Waals surface area contributed by atoms with Crippen LogP contribution in [0.25, 0.3) is 0 Å². The van der Waals surface area contributed by atoms with Gasteiger partial charge in [0.2, 0.25) is 0 Å². The zero-order valence-corrected chi connectivity index (χ0v) is 15.0. The molecule has 3 N–H and O–H groups in total. The Morgan fingerprint density at radius 1 is 1.43 bits per heavy atom. The van der Waals surface area contributed by atoms with Crippen molar-refractivity contribution in [2.24, 2.45) is 10.7 Å². The highest BCUT2D eigenvalue weighted by molar-refractivity contribution is 8.13. The third-order valence-electron chi connectivity index (χ3n) is 3.64. The maximum atomic E-state index is 10.6. The second kappa shape index (κ2) is 10.4. The van der Waals surface area contributed by atoms with E-state index in [1.807, 2.05) is 31.3 Å². The first kappa shape index (κ1) is 19.7. The van der Waals surface area contributed by atoms with E-state index in [-0.39, 0.29) is 5.54 Å². The number of hydrogen-bond donors (Lipinski definition) is 2. The van der Waals surface area contributed by atoms with Crippen LogP contribution in [-0.2, 0) is 10.3 Å². The van der Waals surface area contributed by atoms with Gasteiger partial charge in [-0.1, -0.05) is 36.0 Å². The van der Waals surface area contributed by atoms with Crippen LogP contribution < -0.4 is 11.1 Å². The minimum atomic E-state index is -0.239. The number of hydrogen-bond acceptors (Lipinski definition) is 6. The number of nitrogens with zero attached hydrogens (tertiary/aromatic N) is 1. The monoisotopic (exact) mass is 337 g/mol. The Balaban J connectivity index is 0.000000322. The van der Waals surface area contributed by atoms with E-state index in [1.54, 1.807) is 18.9 Å². The number of carbonyl (C=O) groups excluding carboxylic acids is 1. The molecule has 0 aromatic heterocycles. The lowest BCUT2D eigenvalue weighted by Gasteiger charge is -2.29. The first-order chi connectivity index (χ1) is 11.1. The number of amidine groups is 1. The Morgan fingerprint density at radius 2 is 2.13 bits per heavy atom. The van der Waals surface area contributed by atoms with Gasteiger partial charge in [-0.15, -0.1) is 0 Å². The molecule has 1 atom stereocenters. The van der Waals surface area contributed by atoms with Gasteiger partial charge in [-0.2, -0.15) is 0 Å². The molecule has 0 saturated carbocycles. The summed E-state index contributed by atoms with van der Waals surface area (Å²) in [5.41, 5.74) is 7.32. The van der Waals surface area contributed by atoms with E-state index < -0.39 is 0 Å². The van der Waals surface area contributed by atoms with Gasteiger partial charge in [0.05, 0.1) is 5.54 Å². The lowest BCUT2D eigenvalue weighted by atomic mass is 9.89. The van der Waals surface area contributed by atoms with Crippen LogP contribution in [0.5, 0.6) is 0 Å². The van der Waals surface area contributed by atoms with Crippen LogP contribution >= 0.6 is 11.8 Å². The topological polar surface area (TPSA) is 76.7 Å². The van der Waals surface area contributed by atoms with E-state index in [4.69, 9.17) is 10.5 Å². The van der Waals surface area contributed by atoms with E-state index in [1.165, 1.54) is 0 Å². The minimum absolute atomic E-state index is 0.239. The lowest BCUT2D eigenvalue weighted by molar-refractivity contribution is 0.112. The van der Waals surface area contributed by atoms with E-state index in [0.717, 1.165) is 43.6 Å². The van der Waals surface area contributed by atoms with E-state index in [9.17, 15) is 4.79 Å². The van der Waals surface area contributed by atoms with Gasteiger partial charge >= 0.3 is 0 Å². The third kappa shape index (κ3) is 6.72. The predicted octanol–water partition coefficient (Wildman–Crippen LogP) is 2.41. The minimum Gasteiger partial charge on any atom is -0.385 e. The molecular formula is C17H27N3O2S. The number of aliphatic imine (C=N–C) groups is 1. The summed E-state index contributed by atoms with van der Waals surface area (Å²) in [5, 5.41) is 3.67. The summed E-state index contributed by atoms with van der Waals surface area (Å²) in [7, 11) is 3.66. The molecule has 1 heterocycles. The summed E-state index contributed by atoms with van der Waals surface area (Å²) in [6.45, 7) is 3.99. The molecule has 0 bridgehead atoms. The maximum absolute atomic E-state index is 10.6. The zero-order valence-electron chi connectivity index (χ0n) is 14.2. The number of thioether (sulfide) groups is 1. The van der Waals surface area contributed by atoms with Crippen molar-refractivity contribution >= 4 is 23.2 Å². The SMILES string of the molecule is CC1(c2ccc(C=O)cc2)CCSC(N)=N1.CNCCCOC. The van der Waals surface area contributed by atoms with Crippen LogP contribution in [0, 0.1) is 0 Å². The molecule has 0 saturated heterocycles. The summed E-state index contributed by atoms with van der Waals surface area (Å²) in [6.07, 6.45) is 2.92. The quantitative estimate of drug-likeness (QED) is 0.616. The zero-order chi connectivity index (χ0) is 17.1. The normalized spacial score (nSPS) is 20.2. The Hall–Kier alpha value is -1.37. The van der Waals surface area contributed by atoms with Gasteiger partial charge in [-0.3, -0.25) is 9.79 Å². The number of rotatable bonds is 6. The summed E-state index contributed by atoms with van der Waals surface area (Å²) in [6, 6.07) is 7.55. The van der Waals surface area contributed by atoms with Crippen LogP contribution in [0.3, 0.4) is 0 Å². The standard InChI is InChI=1S/C12H14N2OS.C5H13NO/c1-12(6-7-16-11(13)14-12)10-4-2-9(8-15)3-5-10;1-6-4-3-5-7-2/h2-5,8H,6-7H2,1H3,(H2,13,14);6H,3-5H2,1-2H3. The first-order valence-corrected chi connectivity index (χ1v) is 8.71. The molecule has 6 heteroatoms. The van der Waals surface area contributed by atoms with Gasteiger partial charge in [0.1, 0.15) is 6.29 Å². The van der Waals surface area contributed by atoms with Crippen LogP contribution in [0.1, 0.15) is 35.7 Å². The molecule has 1 aromatic rings. The van der Waals surface area contributed by atoms with Crippen molar-refractivity contribution in [3.8, 4) is 0 Å². The van der Waals surface area contributed by atoms with Gasteiger partial charge in [0.25, 0.3) is 0 Å². The number of carbonyl (C=O) groups is 1. The Bertz CT molecular complexity index is 501. The number of ether oxygens (including phenoxy) is 1. The number of aldehydes is 1. The lowest BCUT2D eigenvalue weighted by Crippen LogP contribution is -2.28. The van der Waals surface area contributed by atoms with E-state index in [2.05, 4.69) is 17.2 Å². The fraction of sp³-hybridized carbons (Fsp3) is 0.529. The van der Waals surface area contributed by atoms with Crippen LogP contribution in [-0.4, -0.2) is 44.5 Å². The molecule has 0 fully saturated rings. The van der Waals surface area contributed by atoms with Crippen molar-refractivity contribution in [2.45, 2.75) is 25.3 Å². The van der Waals surface area contributed by atoms with Gasteiger partial charge in [0.15, 0.2) is 5.17 Å². The summed E-state index contributed by atoms with van der Waals surface area (Å²) >= 11 is 1.59. The molecule has 1 unspecified atom stereocenters. The molecule has 0 radical (unpaired) electrons. The summed E-state index contributed by atoms with van der Waals surface area (Å²) in [4.78, 5) is 15.1. The number of nitrogens with two attached hydrogens (primary N) is 1. The highest BCUT2D eigenvalue weighted by Gasteiger charge is 2.29. The Kier molecular flexibility index (Phi) is 8.91.